The smallest absolute Gasteiger partial charge is 0.408 e. The first kappa shape index (κ1) is 17.6. The zero-order valence-electron chi connectivity index (χ0n) is 14.3. The van der Waals surface area contributed by atoms with Crippen LogP contribution in [0.3, 0.4) is 0 Å². The maximum absolute atomic E-state index is 12.4. The molecule has 0 bridgehead atoms. The third kappa shape index (κ3) is 3.28. The van der Waals surface area contributed by atoms with Crippen LogP contribution in [0.25, 0.3) is 0 Å². The summed E-state index contributed by atoms with van der Waals surface area (Å²) in [6, 6.07) is 0. The van der Waals surface area contributed by atoms with Crippen LogP contribution in [0.4, 0.5) is 4.79 Å². The Hall–Kier alpha value is -1.79. The molecule has 7 nitrogen and oxygen atoms in total. The first-order valence-corrected chi connectivity index (χ1v) is 7.83. The van der Waals surface area contributed by atoms with E-state index in [0.29, 0.717) is 6.42 Å². The quantitative estimate of drug-likeness (QED) is 0.626. The predicted octanol–water partition coefficient (Wildman–Crippen LogP) is 1.64. The minimum Gasteiger partial charge on any atom is -0.469 e. The molecule has 0 aromatic rings. The monoisotopic (exact) mass is 327 g/mol. The maximum atomic E-state index is 12.4. The Morgan fingerprint density at radius 3 is 2.30 bits per heavy atom. The minimum atomic E-state index is -1.22. The number of ether oxygens (including phenoxy) is 3. The molecule has 0 aromatic heterocycles. The first-order chi connectivity index (χ1) is 10.7. The SMILES string of the molecule is COC(=O)[C@@H]1[C@@H]2CCC[C@@](NC(=O)OC(C)(C)C)(C(=O)OC)[C@@H]21. The fraction of sp³-hybridized carbons (Fsp3) is 0.812. The summed E-state index contributed by atoms with van der Waals surface area (Å²) in [5, 5.41) is 2.70. The van der Waals surface area contributed by atoms with Crippen LogP contribution in [-0.2, 0) is 23.8 Å². The average molecular weight is 327 g/mol. The highest BCUT2D eigenvalue weighted by atomic mass is 16.6. The highest BCUT2D eigenvalue weighted by molar-refractivity contribution is 5.89. The third-order valence-electron chi connectivity index (χ3n) is 4.59. The molecule has 0 aliphatic heterocycles. The molecule has 1 amide bonds. The second-order valence-corrected chi connectivity index (χ2v) is 7.22. The van der Waals surface area contributed by atoms with Gasteiger partial charge in [-0.15, -0.1) is 0 Å². The van der Waals surface area contributed by atoms with Gasteiger partial charge in [0.05, 0.1) is 20.1 Å². The van der Waals surface area contributed by atoms with Gasteiger partial charge in [-0.1, -0.05) is 6.42 Å². The molecule has 2 fully saturated rings. The summed E-state index contributed by atoms with van der Waals surface area (Å²) >= 11 is 0. The van der Waals surface area contributed by atoms with E-state index in [-0.39, 0.29) is 23.7 Å². The Morgan fingerprint density at radius 2 is 1.78 bits per heavy atom. The molecule has 0 aromatic carbocycles. The van der Waals surface area contributed by atoms with Crippen molar-refractivity contribution >= 4 is 18.0 Å². The number of amides is 1. The van der Waals surface area contributed by atoms with Crippen molar-refractivity contribution in [1.29, 1.82) is 0 Å². The fourth-order valence-electron chi connectivity index (χ4n) is 3.75. The van der Waals surface area contributed by atoms with Gasteiger partial charge in [-0.2, -0.15) is 0 Å². The third-order valence-corrected chi connectivity index (χ3v) is 4.59. The average Bonchev–Trinajstić information content (AvgIpc) is 3.19. The molecule has 0 spiro atoms. The van der Waals surface area contributed by atoms with Gasteiger partial charge in [0.25, 0.3) is 0 Å². The van der Waals surface area contributed by atoms with Crippen LogP contribution in [0.15, 0.2) is 0 Å². The van der Waals surface area contributed by atoms with E-state index in [1.807, 2.05) is 0 Å². The van der Waals surface area contributed by atoms with Crippen LogP contribution in [0, 0.1) is 17.8 Å². The fourth-order valence-corrected chi connectivity index (χ4v) is 3.75. The van der Waals surface area contributed by atoms with Crippen molar-refractivity contribution < 1.29 is 28.6 Å². The molecule has 2 aliphatic carbocycles. The van der Waals surface area contributed by atoms with Crippen LogP contribution >= 0.6 is 0 Å². The van der Waals surface area contributed by atoms with Crippen molar-refractivity contribution in [1.82, 2.24) is 5.32 Å². The van der Waals surface area contributed by atoms with E-state index >= 15 is 0 Å². The Morgan fingerprint density at radius 1 is 1.13 bits per heavy atom. The van der Waals surface area contributed by atoms with Crippen LogP contribution in [-0.4, -0.2) is 43.4 Å². The zero-order chi connectivity index (χ0) is 17.4. The van der Waals surface area contributed by atoms with Gasteiger partial charge in [-0.05, 0) is 39.5 Å². The van der Waals surface area contributed by atoms with Crippen molar-refractivity contribution in [2.24, 2.45) is 17.8 Å². The molecule has 2 aliphatic rings. The van der Waals surface area contributed by atoms with Gasteiger partial charge in [0.1, 0.15) is 11.1 Å². The van der Waals surface area contributed by atoms with Crippen molar-refractivity contribution in [2.75, 3.05) is 14.2 Å². The molecule has 23 heavy (non-hydrogen) atoms. The second-order valence-electron chi connectivity index (χ2n) is 7.22. The number of methoxy groups -OCH3 is 2. The summed E-state index contributed by atoms with van der Waals surface area (Å²) in [5.41, 5.74) is -1.90. The summed E-state index contributed by atoms with van der Waals surface area (Å²) in [7, 11) is 2.60. The Kier molecular flexibility index (Phi) is 4.59. The molecule has 2 rings (SSSR count). The van der Waals surface area contributed by atoms with Gasteiger partial charge in [-0.25, -0.2) is 9.59 Å². The van der Waals surface area contributed by atoms with Gasteiger partial charge in [-0.3, -0.25) is 4.79 Å². The number of esters is 2. The van der Waals surface area contributed by atoms with Gasteiger partial charge in [0.2, 0.25) is 0 Å². The number of carbonyl (C=O) groups excluding carboxylic acids is 3. The van der Waals surface area contributed by atoms with E-state index in [1.54, 1.807) is 20.8 Å². The molecule has 0 radical (unpaired) electrons. The van der Waals surface area contributed by atoms with Crippen molar-refractivity contribution in [3.8, 4) is 0 Å². The van der Waals surface area contributed by atoms with Gasteiger partial charge >= 0.3 is 18.0 Å². The number of carbonyl (C=O) groups is 3. The molecule has 7 heteroatoms. The van der Waals surface area contributed by atoms with Crippen molar-refractivity contribution in [3.63, 3.8) is 0 Å². The molecule has 0 saturated heterocycles. The summed E-state index contributed by atoms with van der Waals surface area (Å²) in [6.45, 7) is 5.24. The van der Waals surface area contributed by atoms with E-state index in [2.05, 4.69) is 5.32 Å². The zero-order valence-corrected chi connectivity index (χ0v) is 14.3. The first-order valence-electron chi connectivity index (χ1n) is 7.83. The molecule has 130 valence electrons. The van der Waals surface area contributed by atoms with Gasteiger partial charge in [0.15, 0.2) is 0 Å². The molecular formula is C16H25NO6. The largest absolute Gasteiger partial charge is 0.469 e. The molecule has 4 atom stereocenters. The van der Waals surface area contributed by atoms with E-state index in [0.717, 1.165) is 12.8 Å². The summed E-state index contributed by atoms with van der Waals surface area (Å²) in [4.78, 5) is 36.6. The lowest BCUT2D eigenvalue weighted by Crippen LogP contribution is -2.59. The van der Waals surface area contributed by atoms with E-state index in [1.165, 1.54) is 14.2 Å². The van der Waals surface area contributed by atoms with Crippen LogP contribution in [0.2, 0.25) is 0 Å². The van der Waals surface area contributed by atoms with E-state index in [4.69, 9.17) is 14.2 Å². The lowest BCUT2D eigenvalue weighted by molar-refractivity contribution is -0.151. The summed E-state index contributed by atoms with van der Waals surface area (Å²) in [6.07, 6.45) is 1.30. The normalized spacial score (nSPS) is 32.3. The number of nitrogens with one attached hydrogen (secondary N) is 1. The number of fused-ring (bicyclic) bond motifs is 1. The Labute approximate surface area is 136 Å². The topological polar surface area (TPSA) is 90.9 Å². The van der Waals surface area contributed by atoms with Crippen LogP contribution in [0.5, 0.6) is 0 Å². The Balaban J connectivity index is 2.24. The number of alkyl carbamates (subject to hydrolysis) is 1. The standard InChI is InChI=1S/C16H25NO6/c1-15(2,3)23-14(20)17-16(13(19)22-5)8-6-7-9-10(11(9)16)12(18)21-4/h9-11H,6-8H2,1-5H3,(H,17,20)/t9-,10+,11-,16-/m0/s1. The molecule has 2 saturated carbocycles. The predicted molar refractivity (Wildman–Crippen MR) is 80.5 cm³/mol. The molecule has 0 unspecified atom stereocenters. The number of hydrogen-bond donors (Lipinski definition) is 1. The summed E-state index contributed by atoms with van der Waals surface area (Å²) in [5.74, 6) is -1.53. The molecule has 1 N–H and O–H groups in total. The minimum absolute atomic E-state index is 0.0326. The second kappa shape index (κ2) is 6.02. The summed E-state index contributed by atoms with van der Waals surface area (Å²) < 4.78 is 15.0. The maximum Gasteiger partial charge on any atom is 0.408 e. The number of rotatable bonds is 3. The van der Waals surface area contributed by atoms with Crippen LogP contribution in [0.1, 0.15) is 40.0 Å². The lowest BCUT2D eigenvalue weighted by atomic mass is 9.81. The van der Waals surface area contributed by atoms with Crippen LogP contribution < -0.4 is 5.32 Å². The van der Waals surface area contributed by atoms with E-state index < -0.39 is 23.2 Å². The molecule has 0 heterocycles. The van der Waals surface area contributed by atoms with Crippen molar-refractivity contribution in [2.45, 2.75) is 51.2 Å². The highest BCUT2D eigenvalue weighted by Gasteiger charge is 2.70. The van der Waals surface area contributed by atoms with Gasteiger partial charge < -0.3 is 19.5 Å². The van der Waals surface area contributed by atoms with E-state index in [9.17, 15) is 14.4 Å². The highest BCUT2D eigenvalue weighted by Crippen LogP contribution is 2.60. The lowest BCUT2D eigenvalue weighted by Gasteiger charge is -2.35. The Bertz CT molecular complexity index is 511. The number of hydrogen-bond acceptors (Lipinski definition) is 6. The van der Waals surface area contributed by atoms with Gasteiger partial charge in [0, 0.05) is 5.92 Å². The van der Waals surface area contributed by atoms with Crippen molar-refractivity contribution in [3.05, 3.63) is 0 Å². The molecular weight excluding hydrogens is 302 g/mol.